The lowest BCUT2D eigenvalue weighted by atomic mass is 10.1. The van der Waals surface area contributed by atoms with Crippen molar-refractivity contribution in [3.8, 4) is 29.4 Å². The van der Waals surface area contributed by atoms with Crippen LogP contribution in [0.2, 0.25) is 0 Å². The van der Waals surface area contributed by atoms with Gasteiger partial charge < -0.3 is 4.74 Å². The zero-order valence-electron chi connectivity index (χ0n) is 14.0. The van der Waals surface area contributed by atoms with Crippen molar-refractivity contribution in [2.75, 3.05) is 7.11 Å². The Hall–Kier alpha value is -3.56. The summed E-state index contributed by atoms with van der Waals surface area (Å²) in [4.78, 5) is 0. The number of methoxy groups -OCH3 is 1. The molecule has 0 fully saturated rings. The van der Waals surface area contributed by atoms with E-state index in [1.165, 1.54) is 12.1 Å². The number of hydrogen-bond acceptors (Lipinski definition) is 1. The van der Waals surface area contributed by atoms with Gasteiger partial charge in [-0.3, -0.25) is 0 Å². The van der Waals surface area contributed by atoms with E-state index in [4.69, 9.17) is 4.74 Å². The van der Waals surface area contributed by atoms with E-state index in [1.807, 2.05) is 18.2 Å². The molecule has 0 aliphatic carbocycles. The van der Waals surface area contributed by atoms with Crippen molar-refractivity contribution in [3.63, 3.8) is 0 Å². The van der Waals surface area contributed by atoms with Gasteiger partial charge in [0.25, 0.3) is 0 Å². The van der Waals surface area contributed by atoms with Crippen molar-refractivity contribution >= 4 is 0 Å². The van der Waals surface area contributed by atoms with Crippen molar-refractivity contribution in [2.45, 2.75) is 0 Å². The molecular weight excluding hydrogens is 330 g/mol. The molecular formula is C23H14F2O. The van der Waals surface area contributed by atoms with Crippen LogP contribution in [0.4, 0.5) is 8.78 Å². The summed E-state index contributed by atoms with van der Waals surface area (Å²) >= 11 is 0. The van der Waals surface area contributed by atoms with Gasteiger partial charge in [-0.05, 0) is 48.5 Å². The summed E-state index contributed by atoms with van der Waals surface area (Å²) in [6.07, 6.45) is 0. The van der Waals surface area contributed by atoms with Gasteiger partial charge in [-0.1, -0.05) is 41.9 Å². The molecule has 126 valence electrons. The van der Waals surface area contributed by atoms with E-state index < -0.39 is 11.6 Å². The molecule has 0 radical (unpaired) electrons. The van der Waals surface area contributed by atoms with E-state index in [0.717, 1.165) is 5.56 Å². The standard InChI is InChI=1S/C23H14F2O/c1-26-20-12-9-18(10-13-20)7-8-19-15-22(24)21(23(25)16-19)14-11-17-5-3-2-4-6-17/h2-6,9-10,12-13,15-16H,1H3. The van der Waals surface area contributed by atoms with Gasteiger partial charge in [-0.15, -0.1) is 0 Å². The van der Waals surface area contributed by atoms with Gasteiger partial charge in [0.05, 0.1) is 12.7 Å². The minimum atomic E-state index is -0.729. The Morgan fingerprint density at radius 2 is 1.19 bits per heavy atom. The molecule has 3 rings (SSSR count). The minimum absolute atomic E-state index is 0.251. The molecule has 0 aliphatic rings. The summed E-state index contributed by atoms with van der Waals surface area (Å²) in [6, 6.07) is 18.5. The quantitative estimate of drug-likeness (QED) is 0.578. The maximum Gasteiger partial charge on any atom is 0.143 e. The molecule has 3 aromatic rings. The molecule has 0 bridgehead atoms. The van der Waals surface area contributed by atoms with Crippen LogP contribution in [0, 0.1) is 35.3 Å². The van der Waals surface area contributed by atoms with E-state index in [-0.39, 0.29) is 11.1 Å². The second-order valence-corrected chi connectivity index (χ2v) is 5.41. The molecule has 0 saturated heterocycles. The molecule has 0 N–H and O–H groups in total. The van der Waals surface area contributed by atoms with Crippen LogP contribution >= 0.6 is 0 Å². The molecule has 1 nitrogen and oxygen atoms in total. The molecule has 0 heterocycles. The van der Waals surface area contributed by atoms with Crippen LogP contribution < -0.4 is 4.74 Å². The zero-order chi connectivity index (χ0) is 18.4. The monoisotopic (exact) mass is 344 g/mol. The fourth-order valence-corrected chi connectivity index (χ4v) is 2.24. The van der Waals surface area contributed by atoms with E-state index >= 15 is 0 Å². The van der Waals surface area contributed by atoms with Crippen LogP contribution in [-0.2, 0) is 0 Å². The van der Waals surface area contributed by atoms with Crippen molar-refractivity contribution in [3.05, 3.63) is 101 Å². The Labute approximate surface area is 151 Å². The Bertz CT molecular complexity index is 1010. The molecule has 3 aromatic carbocycles. The SMILES string of the molecule is COc1ccc(C#Cc2cc(F)c(C#Cc3ccccc3)c(F)c2)cc1. The fraction of sp³-hybridized carbons (Fsp3) is 0.0435. The number of hydrogen-bond donors (Lipinski definition) is 0. The average Bonchev–Trinajstić information content (AvgIpc) is 2.67. The second-order valence-electron chi connectivity index (χ2n) is 5.41. The second kappa shape index (κ2) is 8.01. The van der Waals surface area contributed by atoms with Crippen molar-refractivity contribution in [2.24, 2.45) is 0 Å². The smallest absolute Gasteiger partial charge is 0.143 e. The first-order valence-electron chi connectivity index (χ1n) is 7.88. The third-order valence-corrected chi connectivity index (χ3v) is 3.59. The molecule has 0 amide bonds. The Morgan fingerprint density at radius 3 is 1.81 bits per heavy atom. The normalized spacial score (nSPS) is 9.50. The summed E-state index contributed by atoms with van der Waals surface area (Å²) in [5.41, 5.74) is 1.40. The first-order chi connectivity index (χ1) is 12.7. The lowest BCUT2D eigenvalue weighted by Gasteiger charge is -1.99. The Kier molecular flexibility index (Phi) is 5.32. The Morgan fingerprint density at radius 1 is 0.654 bits per heavy atom. The van der Waals surface area contributed by atoms with E-state index in [1.54, 1.807) is 43.5 Å². The van der Waals surface area contributed by atoms with Crippen LogP contribution in [0.15, 0.2) is 66.7 Å². The van der Waals surface area contributed by atoms with Gasteiger partial charge in [0.2, 0.25) is 0 Å². The first kappa shape index (κ1) is 17.3. The molecule has 0 aromatic heterocycles. The van der Waals surface area contributed by atoms with E-state index in [2.05, 4.69) is 23.7 Å². The summed E-state index contributed by atoms with van der Waals surface area (Å²) in [5.74, 6) is 10.2. The first-order valence-corrected chi connectivity index (χ1v) is 7.88. The molecule has 0 aliphatic heterocycles. The molecule has 3 heteroatoms. The van der Waals surface area contributed by atoms with Crippen molar-refractivity contribution in [1.29, 1.82) is 0 Å². The highest BCUT2D eigenvalue weighted by molar-refractivity contribution is 5.49. The largest absolute Gasteiger partial charge is 0.497 e. The molecule has 0 spiro atoms. The van der Waals surface area contributed by atoms with Crippen LogP contribution in [0.1, 0.15) is 22.3 Å². The van der Waals surface area contributed by atoms with E-state index in [0.29, 0.717) is 11.3 Å². The third kappa shape index (κ3) is 4.29. The molecule has 0 unspecified atom stereocenters. The molecule has 0 saturated carbocycles. The maximum atomic E-state index is 14.2. The lowest BCUT2D eigenvalue weighted by molar-refractivity contribution is 0.415. The highest BCUT2D eigenvalue weighted by Gasteiger charge is 2.08. The third-order valence-electron chi connectivity index (χ3n) is 3.59. The van der Waals surface area contributed by atoms with Gasteiger partial charge in [-0.25, -0.2) is 8.78 Å². The van der Waals surface area contributed by atoms with Gasteiger partial charge in [0, 0.05) is 16.7 Å². The van der Waals surface area contributed by atoms with Crippen LogP contribution in [-0.4, -0.2) is 7.11 Å². The minimum Gasteiger partial charge on any atom is -0.497 e. The molecule has 26 heavy (non-hydrogen) atoms. The summed E-state index contributed by atoms with van der Waals surface area (Å²) in [5, 5.41) is 0. The van der Waals surface area contributed by atoms with Crippen LogP contribution in [0.3, 0.4) is 0 Å². The van der Waals surface area contributed by atoms with Crippen LogP contribution in [0.25, 0.3) is 0 Å². The number of ether oxygens (including phenoxy) is 1. The average molecular weight is 344 g/mol. The summed E-state index contributed by atoms with van der Waals surface area (Å²) in [6.45, 7) is 0. The Balaban J connectivity index is 1.86. The predicted molar refractivity (Wildman–Crippen MR) is 97.8 cm³/mol. The van der Waals surface area contributed by atoms with Gasteiger partial charge >= 0.3 is 0 Å². The summed E-state index contributed by atoms with van der Waals surface area (Å²) < 4.78 is 33.5. The van der Waals surface area contributed by atoms with Gasteiger partial charge in [0.1, 0.15) is 17.4 Å². The number of halogens is 2. The van der Waals surface area contributed by atoms with Gasteiger partial charge in [0.15, 0.2) is 0 Å². The number of rotatable bonds is 1. The topological polar surface area (TPSA) is 9.23 Å². The van der Waals surface area contributed by atoms with Crippen molar-refractivity contribution < 1.29 is 13.5 Å². The predicted octanol–water partition coefficient (Wildman–Crippen LogP) is 4.77. The van der Waals surface area contributed by atoms with E-state index in [9.17, 15) is 8.78 Å². The maximum absolute atomic E-state index is 14.2. The highest BCUT2D eigenvalue weighted by atomic mass is 19.1. The zero-order valence-corrected chi connectivity index (χ0v) is 14.0. The van der Waals surface area contributed by atoms with Crippen LogP contribution in [0.5, 0.6) is 5.75 Å². The number of benzene rings is 3. The van der Waals surface area contributed by atoms with Gasteiger partial charge in [-0.2, -0.15) is 0 Å². The lowest BCUT2D eigenvalue weighted by Crippen LogP contribution is -1.92. The molecule has 0 atom stereocenters. The fourth-order valence-electron chi connectivity index (χ4n) is 2.24. The summed E-state index contributed by atoms with van der Waals surface area (Å²) in [7, 11) is 1.58. The highest BCUT2D eigenvalue weighted by Crippen LogP contribution is 2.15. The van der Waals surface area contributed by atoms with Crippen molar-refractivity contribution in [1.82, 2.24) is 0 Å².